The molecule has 0 atom stereocenters. The van der Waals surface area contributed by atoms with Crippen LogP contribution in [0.2, 0.25) is 0 Å². The maximum Gasteiger partial charge on any atom is 0.251 e. The number of aromatic hydroxyl groups is 2. The van der Waals surface area contributed by atoms with Crippen LogP contribution in [0.25, 0.3) is 0 Å². The second kappa shape index (κ2) is 5.75. The Labute approximate surface area is 115 Å². The highest BCUT2D eigenvalue weighted by atomic mass is 32.1. The first-order valence-corrected chi connectivity index (χ1v) is 6.85. The molecule has 0 aliphatic heterocycles. The monoisotopic (exact) mass is 277 g/mol. The summed E-state index contributed by atoms with van der Waals surface area (Å²) in [6.45, 7) is 2.55. The Bertz CT molecular complexity index is 592. The highest BCUT2D eigenvalue weighted by molar-refractivity contribution is 7.10. The third-order valence-corrected chi connectivity index (χ3v) is 3.83. The fourth-order valence-electron chi connectivity index (χ4n) is 1.76. The van der Waals surface area contributed by atoms with Gasteiger partial charge in [0.05, 0.1) is 6.54 Å². The van der Waals surface area contributed by atoms with Crippen molar-refractivity contribution in [3.8, 4) is 11.5 Å². The van der Waals surface area contributed by atoms with E-state index in [2.05, 4.69) is 18.3 Å². The van der Waals surface area contributed by atoms with Crippen LogP contribution in [-0.4, -0.2) is 16.1 Å². The molecule has 0 aliphatic carbocycles. The summed E-state index contributed by atoms with van der Waals surface area (Å²) in [5, 5.41) is 23.4. The Kier molecular flexibility index (Phi) is 4.06. The van der Waals surface area contributed by atoms with E-state index in [0.717, 1.165) is 11.3 Å². The molecule has 2 rings (SSSR count). The fourth-order valence-corrected chi connectivity index (χ4v) is 2.68. The summed E-state index contributed by atoms with van der Waals surface area (Å²) in [6, 6.07) is 6.07. The summed E-state index contributed by atoms with van der Waals surface area (Å²) in [6.07, 6.45) is 0.939. The van der Waals surface area contributed by atoms with Gasteiger partial charge in [0.1, 0.15) is 0 Å². The number of benzene rings is 1. The molecule has 0 unspecified atom stereocenters. The number of nitrogens with one attached hydrogen (secondary N) is 1. The van der Waals surface area contributed by atoms with Crippen molar-refractivity contribution >= 4 is 17.2 Å². The zero-order valence-electron chi connectivity index (χ0n) is 10.5. The quantitative estimate of drug-likeness (QED) is 0.752. The molecule has 0 spiro atoms. The van der Waals surface area contributed by atoms with E-state index in [1.807, 2.05) is 5.38 Å². The number of carbonyl (C=O) groups is 1. The summed E-state index contributed by atoms with van der Waals surface area (Å²) in [4.78, 5) is 13.0. The summed E-state index contributed by atoms with van der Waals surface area (Å²) >= 11 is 1.61. The van der Waals surface area contributed by atoms with E-state index in [9.17, 15) is 15.0 Å². The molecule has 2 aromatic rings. The van der Waals surface area contributed by atoms with Gasteiger partial charge in [-0.2, -0.15) is 0 Å². The Hall–Kier alpha value is -2.01. The van der Waals surface area contributed by atoms with Crippen LogP contribution >= 0.6 is 11.3 Å². The second-order valence-corrected chi connectivity index (χ2v) is 5.11. The van der Waals surface area contributed by atoms with Gasteiger partial charge < -0.3 is 15.5 Å². The first kappa shape index (κ1) is 13.4. The number of hydrogen-bond acceptors (Lipinski definition) is 4. The minimum atomic E-state index is -0.293. The predicted molar refractivity (Wildman–Crippen MR) is 74.6 cm³/mol. The van der Waals surface area contributed by atoms with Crippen molar-refractivity contribution in [3.63, 3.8) is 0 Å². The molecule has 0 radical (unpaired) electrons. The average Bonchev–Trinajstić information content (AvgIpc) is 2.86. The Morgan fingerprint density at radius 3 is 2.74 bits per heavy atom. The lowest BCUT2D eigenvalue weighted by Gasteiger charge is -2.06. The molecule has 0 fully saturated rings. The van der Waals surface area contributed by atoms with Crippen LogP contribution < -0.4 is 5.32 Å². The summed E-state index contributed by atoms with van der Waals surface area (Å²) < 4.78 is 0. The normalized spacial score (nSPS) is 10.4. The summed E-state index contributed by atoms with van der Waals surface area (Å²) in [5.74, 6) is -0.799. The van der Waals surface area contributed by atoms with Crippen LogP contribution in [0.5, 0.6) is 11.5 Å². The van der Waals surface area contributed by atoms with Gasteiger partial charge in [-0.25, -0.2) is 0 Å². The van der Waals surface area contributed by atoms with Gasteiger partial charge in [-0.15, -0.1) is 11.3 Å². The minimum Gasteiger partial charge on any atom is -0.504 e. The van der Waals surface area contributed by atoms with Gasteiger partial charge in [0.15, 0.2) is 11.5 Å². The second-order valence-electron chi connectivity index (χ2n) is 4.11. The van der Waals surface area contributed by atoms with E-state index < -0.39 is 0 Å². The van der Waals surface area contributed by atoms with Gasteiger partial charge >= 0.3 is 0 Å². The summed E-state index contributed by atoms with van der Waals surface area (Å²) in [5.41, 5.74) is 1.56. The van der Waals surface area contributed by atoms with Gasteiger partial charge in [0.25, 0.3) is 5.91 Å². The molecule has 1 aromatic heterocycles. The number of thiophene rings is 1. The third-order valence-electron chi connectivity index (χ3n) is 2.87. The van der Waals surface area contributed by atoms with Gasteiger partial charge in [-0.3, -0.25) is 4.79 Å². The zero-order chi connectivity index (χ0) is 13.8. The summed E-state index contributed by atoms with van der Waals surface area (Å²) in [7, 11) is 0. The predicted octanol–water partition coefficient (Wildman–Crippen LogP) is 2.65. The number of aryl methyl sites for hydroxylation is 1. The number of rotatable bonds is 4. The van der Waals surface area contributed by atoms with Crippen molar-refractivity contribution in [3.05, 3.63) is 45.6 Å². The molecular formula is C14H15NO3S. The lowest BCUT2D eigenvalue weighted by Crippen LogP contribution is -2.22. The molecule has 5 heteroatoms. The maximum atomic E-state index is 11.9. The molecular weight excluding hydrogens is 262 g/mol. The molecule has 3 N–H and O–H groups in total. The molecule has 1 aromatic carbocycles. The molecule has 100 valence electrons. The highest BCUT2D eigenvalue weighted by Gasteiger charge is 2.10. The van der Waals surface area contributed by atoms with Gasteiger partial charge in [-0.05, 0) is 41.6 Å². The minimum absolute atomic E-state index is 0.233. The first-order valence-electron chi connectivity index (χ1n) is 5.97. The lowest BCUT2D eigenvalue weighted by atomic mass is 10.1. The lowest BCUT2D eigenvalue weighted by molar-refractivity contribution is 0.0951. The number of hydrogen-bond donors (Lipinski definition) is 3. The van der Waals surface area contributed by atoms with E-state index >= 15 is 0 Å². The van der Waals surface area contributed by atoms with Crippen LogP contribution in [0.3, 0.4) is 0 Å². The molecule has 19 heavy (non-hydrogen) atoms. The standard InChI is InChI=1S/C14H15NO3S/c1-2-9-5-6-19-13(9)8-15-14(18)10-3-4-11(16)12(17)7-10/h3-7,16-17H,2,8H2,1H3,(H,15,18). The Balaban J connectivity index is 2.03. The van der Waals surface area contributed by atoms with Crippen LogP contribution in [0.4, 0.5) is 0 Å². The van der Waals surface area contributed by atoms with Gasteiger partial charge in [0.2, 0.25) is 0 Å². The van der Waals surface area contributed by atoms with Crippen molar-refractivity contribution in [2.24, 2.45) is 0 Å². The topological polar surface area (TPSA) is 69.6 Å². The number of phenolic OH excluding ortho intramolecular Hbond substituents is 2. The number of amides is 1. The molecule has 0 saturated heterocycles. The van der Waals surface area contributed by atoms with Gasteiger partial charge in [0, 0.05) is 10.4 Å². The van der Waals surface area contributed by atoms with E-state index in [-0.39, 0.29) is 17.4 Å². The molecule has 0 bridgehead atoms. The average molecular weight is 277 g/mol. The fraction of sp³-hybridized carbons (Fsp3) is 0.214. The van der Waals surface area contributed by atoms with Crippen LogP contribution in [0, 0.1) is 0 Å². The van der Waals surface area contributed by atoms with Crippen LogP contribution in [-0.2, 0) is 13.0 Å². The molecule has 1 heterocycles. The van der Waals surface area contributed by atoms with Crippen LogP contribution in [0.15, 0.2) is 29.6 Å². The largest absolute Gasteiger partial charge is 0.504 e. The Morgan fingerprint density at radius 2 is 2.05 bits per heavy atom. The SMILES string of the molecule is CCc1ccsc1CNC(=O)c1ccc(O)c(O)c1. The Morgan fingerprint density at radius 1 is 1.26 bits per heavy atom. The zero-order valence-corrected chi connectivity index (χ0v) is 11.3. The van der Waals surface area contributed by atoms with E-state index in [1.54, 1.807) is 11.3 Å². The van der Waals surface area contributed by atoms with Crippen molar-refractivity contribution in [1.82, 2.24) is 5.32 Å². The van der Waals surface area contributed by atoms with Crippen LogP contribution in [0.1, 0.15) is 27.7 Å². The molecule has 4 nitrogen and oxygen atoms in total. The van der Waals surface area contributed by atoms with Crippen molar-refractivity contribution in [1.29, 1.82) is 0 Å². The van der Waals surface area contributed by atoms with Crippen molar-refractivity contribution < 1.29 is 15.0 Å². The number of carbonyl (C=O) groups excluding carboxylic acids is 1. The molecule has 0 saturated carbocycles. The molecule has 1 amide bonds. The van der Waals surface area contributed by atoms with Crippen molar-refractivity contribution in [2.75, 3.05) is 0 Å². The van der Waals surface area contributed by atoms with E-state index in [1.165, 1.54) is 23.8 Å². The smallest absolute Gasteiger partial charge is 0.251 e. The number of phenols is 2. The maximum absolute atomic E-state index is 11.9. The van der Waals surface area contributed by atoms with E-state index in [4.69, 9.17) is 0 Å². The molecule has 0 aliphatic rings. The first-order chi connectivity index (χ1) is 9.11. The van der Waals surface area contributed by atoms with Crippen molar-refractivity contribution in [2.45, 2.75) is 19.9 Å². The highest BCUT2D eigenvalue weighted by Crippen LogP contribution is 2.25. The third kappa shape index (κ3) is 3.06. The van der Waals surface area contributed by atoms with E-state index in [0.29, 0.717) is 12.1 Å². The van der Waals surface area contributed by atoms with Gasteiger partial charge in [-0.1, -0.05) is 6.92 Å².